The van der Waals surface area contributed by atoms with Crippen molar-refractivity contribution in [3.63, 3.8) is 0 Å². The van der Waals surface area contributed by atoms with Crippen molar-refractivity contribution in [1.29, 1.82) is 10.5 Å². The number of nitrogens with one attached hydrogen (secondary N) is 1. The highest BCUT2D eigenvalue weighted by molar-refractivity contribution is 9.10. The average molecular weight is 2180 g/mol. The highest BCUT2D eigenvalue weighted by Gasteiger charge is 2.38. The number of carbonyl (C=O) groups excluding carboxylic acids is 2. The second-order valence-corrected chi connectivity index (χ2v) is 44.1. The number of esters is 1. The van der Waals surface area contributed by atoms with Gasteiger partial charge in [-0.2, -0.15) is 44.8 Å². The molecule has 0 unspecified atom stereocenters. The van der Waals surface area contributed by atoms with Crippen molar-refractivity contribution >= 4 is 161 Å². The second kappa shape index (κ2) is 62.0. The minimum atomic E-state index is -4.15. The number of sulfone groups is 1. The molecule has 13 aromatic rings. The fraction of sp³-hybridized carbons (Fsp3) is 0.491. The Morgan fingerprint density at radius 2 is 0.906 bits per heavy atom. The summed E-state index contributed by atoms with van der Waals surface area (Å²) in [6.07, 6.45) is 30.5. The molecule has 0 aliphatic rings. The van der Waals surface area contributed by atoms with E-state index in [9.17, 15) is 37.3 Å². The topological polar surface area (TPSA) is 326 Å². The smallest absolute Gasteiger partial charge is 0.325 e. The molecule has 804 valence electrons. The summed E-state index contributed by atoms with van der Waals surface area (Å²) in [6, 6.07) is 52.3. The van der Waals surface area contributed by atoms with Crippen molar-refractivity contribution < 1.29 is 40.3 Å². The number of para-hydroxylation sites is 4. The summed E-state index contributed by atoms with van der Waals surface area (Å²) in [7, 11) is -4.15. The fourth-order valence-corrected chi connectivity index (χ4v) is 21.2. The number of rotatable bonds is 50. The van der Waals surface area contributed by atoms with Gasteiger partial charge in [-0.25, -0.2) is 31.6 Å². The van der Waals surface area contributed by atoms with Gasteiger partial charge < -0.3 is 29.2 Å². The molecule has 7 aromatic carbocycles. The molecule has 13 rings (SSSR count). The van der Waals surface area contributed by atoms with Crippen LogP contribution in [0.25, 0.3) is 47.8 Å². The van der Waals surface area contributed by atoms with Crippen LogP contribution in [0.2, 0.25) is 5.02 Å². The molecular weight excluding hydrogens is 2030 g/mol. The number of carbonyl (C=O) groups is 2. The molecule has 0 aliphatic carbocycles. The number of alkyl halides is 2. The van der Waals surface area contributed by atoms with Gasteiger partial charge in [0.05, 0.1) is 76.7 Å². The standard InChI is InChI=1S/C38H54BrN7OS.C37H42FN7O2S2.C35H44ClN7O3.CH2F2.3CH4/c1-7-9-11-13-15-19-25-45(26-20-16-14-12-10-8-2)29-23-24-30(32(27-29)40-28(3)47)42-43-36-34(39)35(38(4,5)6)44-46(36)37-41-31-21-17-18-22-33(31)48-37;1-5-6-7-8-9-15-24-44(25-16-23-39)27-21-22-30(29(38)26-27)41-42-35-33(49(46,47)28-17-11-10-12-18-28)34(37(2,3)4)43-45(35)36-40-31-19-13-14-20-32(31)48-36;1-6-8-9-10-11-14-21-42(22-15-18-31(44)45-7-2)25-19-20-28(27(36)23-25)39-40-33-26(24-37)32(35(3,4)5)41-43(33)34-38-29-16-12-13-17-30(29)46-34;2-1-3;;;/h17-18,21-24,27H,7-16,19-20,25-26H2,1-6H3,(H,40,47);10-14,17-22,26H,5-9,15-16,24-25H2,1-4H3;12-13,16-17,19-20,23H,6-11,14-15,18,21-22H2,1-5H3;1H2;3*1H4. The number of hydrogen-bond acceptors (Lipinski definition) is 25. The van der Waals surface area contributed by atoms with E-state index < -0.39 is 33.4 Å². The summed E-state index contributed by atoms with van der Waals surface area (Å²) in [6.45, 7) is 33.6. The maximum atomic E-state index is 15.7. The molecular formula is C114H154BrClF3N21O6S3. The third kappa shape index (κ3) is 36.2. The predicted molar refractivity (Wildman–Crippen MR) is 610 cm³/mol. The number of fused-ring (bicyclic) bond motifs is 3. The average Bonchev–Trinajstić information content (AvgIpc) is 1.58. The molecule has 0 atom stereocenters. The monoisotopic (exact) mass is 2180 g/mol. The maximum Gasteiger partial charge on any atom is 0.325 e. The van der Waals surface area contributed by atoms with Crippen molar-refractivity contribution in [3.8, 4) is 28.4 Å². The van der Waals surface area contributed by atoms with E-state index in [1.807, 2.05) is 144 Å². The summed E-state index contributed by atoms with van der Waals surface area (Å²) in [5.74, 6) is -0.222. The number of azo groups is 3. The number of amides is 1. The van der Waals surface area contributed by atoms with Gasteiger partial charge in [0.1, 0.15) is 39.1 Å². The third-order valence-electron chi connectivity index (χ3n) is 24.2. The number of ether oxygens (including phenoxy) is 1. The van der Waals surface area contributed by atoms with Crippen LogP contribution in [0.5, 0.6) is 0 Å². The Morgan fingerprint density at radius 1 is 0.490 bits per heavy atom. The number of anilines is 4. The molecule has 149 heavy (non-hydrogen) atoms. The number of aromatic nitrogens is 9. The van der Waals surface area contributed by atoms with Crippen LogP contribution in [0.4, 0.5) is 70.4 Å². The van der Waals surface area contributed by atoms with Gasteiger partial charge in [-0.1, -0.05) is 330 Å². The maximum absolute atomic E-state index is 15.7. The van der Waals surface area contributed by atoms with Gasteiger partial charge >= 0.3 is 12.0 Å². The molecule has 6 heterocycles. The van der Waals surface area contributed by atoms with Crippen molar-refractivity contribution in [2.45, 2.75) is 326 Å². The van der Waals surface area contributed by atoms with Crippen LogP contribution in [0.1, 0.15) is 322 Å². The molecule has 0 saturated carbocycles. The van der Waals surface area contributed by atoms with E-state index in [0.717, 1.165) is 112 Å². The van der Waals surface area contributed by atoms with E-state index in [-0.39, 0.29) is 78.3 Å². The van der Waals surface area contributed by atoms with Gasteiger partial charge in [0.25, 0.3) is 0 Å². The number of benzene rings is 7. The van der Waals surface area contributed by atoms with Gasteiger partial charge in [0.2, 0.25) is 38.8 Å². The van der Waals surface area contributed by atoms with E-state index in [1.165, 1.54) is 161 Å². The molecule has 0 spiro atoms. The number of nitriles is 2. The van der Waals surface area contributed by atoms with Crippen LogP contribution in [-0.4, -0.2) is 117 Å². The summed E-state index contributed by atoms with van der Waals surface area (Å²) in [5, 5.41) is 65.6. The van der Waals surface area contributed by atoms with Crippen LogP contribution >= 0.6 is 50.2 Å². The van der Waals surface area contributed by atoms with Gasteiger partial charge in [0, 0.05) is 85.9 Å². The summed E-state index contributed by atoms with van der Waals surface area (Å²) < 4.78 is 82.0. The van der Waals surface area contributed by atoms with E-state index >= 15 is 4.39 Å². The molecule has 0 fully saturated rings. The molecule has 0 aliphatic heterocycles. The van der Waals surface area contributed by atoms with Gasteiger partial charge in [0.15, 0.2) is 23.0 Å². The zero-order chi connectivity index (χ0) is 105. The van der Waals surface area contributed by atoms with Crippen molar-refractivity contribution in [2.75, 3.05) is 72.8 Å². The van der Waals surface area contributed by atoms with Crippen molar-refractivity contribution in [3.05, 3.63) is 196 Å². The molecule has 27 nitrogen and oxygen atoms in total. The van der Waals surface area contributed by atoms with E-state index in [1.54, 1.807) is 40.3 Å². The first-order valence-electron chi connectivity index (χ1n) is 51.2. The Balaban J connectivity index is 0.000000295. The highest BCUT2D eigenvalue weighted by atomic mass is 79.9. The van der Waals surface area contributed by atoms with Gasteiger partial charge in [-0.05, 0) is 158 Å². The summed E-state index contributed by atoms with van der Waals surface area (Å²) in [4.78, 5) is 45.2. The Kier molecular flexibility index (Phi) is 51.6. The molecule has 0 bridgehead atoms. The quantitative estimate of drug-likeness (QED) is 0.0210. The minimum Gasteiger partial charge on any atom is -0.466 e. The minimum absolute atomic E-state index is 0. The summed E-state index contributed by atoms with van der Waals surface area (Å²) >= 11 is 13.5. The lowest BCUT2D eigenvalue weighted by Gasteiger charge is -2.26. The largest absolute Gasteiger partial charge is 0.466 e. The van der Waals surface area contributed by atoms with Gasteiger partial charge in [-0.3, -0.25) is 9.59 Å². The number of unbranched alkanes of at least 4 members (excludes halogenated alkanes) is 20. The van der Waals surface area contributed by atoms with Crippen LogP contribution in [-0.2, 0) is 40.4 Å². The number of nitrogens with zero attached hydrogens (tertiary/aromatic N) is 20. The fourth-order valence-electron chi connectivity index (χ4n) is 16.5. The molecule has 6 aromatic heterocycles. The number of oxazole rings is 1. The SMILES string of the molecule is C.C.C.CCCCCCCCN(CCC#N)c1ccc(N=Nc2c(S(=O)(=O)c3ccccc3)c(C(C)(C)C)nn2-c2nc3ccccc3s2)c(F)c1.CCCCCCCCN(CCCC(=O)OCC)c1ccc(N=Nc2c(C#N)c(C(C)(C)C)nn2-c2nc3ccccc3o2)c(Cl)c1.CCCCCCCCN(CCCCCCCC)c1ccc(N=Nc2c(Br)c(C(C)(C)C)nn2-c2nc3ccccc3s2)c(NC(C)=O)c1.FCF. The Morgan fingerprint density at radius 3 is 1.38 bits per heavy atom. The van der Waals surface area contributed by atoms with E-state index in [0.29, 0.717) is 107 Å². The van der Waals surface area contributed by atoms with Crippen LogP contribution in [0, 0.1) is 28.5 Å². The molecule has 1 N–H and O–H groups in total. The van der Waals surface area contributed by atoms with Crippen LogP contribution in [0.15, 0.2) is 207 Å². The first kappa shape index (κ1) is 124. The molecule has 35 heteroatoms. The van der Waals surface area contributed by atoms with Gasteiger partial charge in [-0.15, -0.1) is 30.7 Å². The lowest BCUT2D eigenvalue weighted by atomic mass is 9.90. The first-order chi connectivity index (χ1) is 70.2. The zero-order valence-corrected chi connectivity index (χ0v) is 92.1. The van der Waals surface area contributed by atoms with Crippen molar-refractivity contribution in [1.82, 2.24) is 44.3 Å². The second-order valence-electron chi connectivity index (χ2n) is 39.0. The van der Waals surface area contributed by atoms with Crippen molar-refractivity contribution in [2.24, 2.45) is 30.7 Å². The number of halogens is 5. The van der Waals surface area contributed by atoms with Crippen LogP contribution < -0.4 is 20.0 Å². The first-order valence-corrected chi connectivity index (χ1v) is 55.5. The number of thiazole rings is 2. The Bertz CT molecular complexity index is 6550. The Labute approximate surface area is 902 Å². The van der Waals surface area contributed by atoms with Crippen LogP contribution in [0.3, 0.4) is 0 Å². The normalized spacial score (nSPS) is 11.6. The summed E-state index contributed by atoms with van der Waals surface area (Å²) in [5.41, 5.74) is 7.88. The molecule has 1 amide bonds. The lowest BCUT2D eigenvalue weighted by molar-refractivity contribution is -0.143. The lowest BCUT2D eigenvalue weighted by Crippen LogP contribution is -2.26. The molecule has 0 saturated heterocycles. The third-order valence-corrected chi connectivity index (χ3v) is 29.0. The number of hydrogen-bond donors (Lipinski definition) is 1. The van der Waals surface area contributed by atoms with E-state index in [4.69, 9.17) is 56.2 Å². The Hall–Kier alpha value is -12.0. The highest BCUT2D eigenvalue weighted by Crippen LogP contribution is 2.46. The zero-order valence-electron chi connectivity index (χ0n) is 87.3. The predicted octanol–water partition coefficient (Wildman–Crippen LogP) is 35.2. The van der Waals surface area contributed by atoms with E-state index in [2.05, 4.69) is 135 Å². The molecule has 0 radical (unpaired) electrons.